The molecule has 0 aliphatic heterocycles. The molecule has 2 aromatic heterocycles. The van der Waals surface area contributed by atoms with Crippen LogP contribution in [0.25, 0.3) is 5.65 Å². The minimum absolute atomic E-state index is 0.187. The van der Waals surface area contributed by atoms with E-state index < -0.39 is 11.7 Å². The average Bonchev–Trinajstić information content (AvgIpc) is 2.71. The summed E-state index contributed by atoms with van der Waals surface area (Å²) in [5.41, 5.74) is -0.181. The zero-order chi connectivity index (χ0) is 19.9. The molecule has 1 amide bonds. The third kappa shape index (κ3) is 5.22. The number of anilines is 1. The van der Waals surface area contributed by atoms with E-state index in [1.165, 1.54) is 10.5 Å². The van der Waals surface area contributed by atoms with Gasteiger partial charge in [-0.15, -0.1) is 0 Å². The maximum atomic E-state index is 13.1. The molecule has 0 unspecified atom stereocenters. The Balaban J connectivity index is 2.51. The molecule has 0 aliphatic rings. The first-order chi connectivity index (χ1) is 11.7. The summed E-state index contributed by atoms with van der Waals surface area (Å²) in [4.78, 5) is 16.7. The second kappa shape index (κ2) is 6.59. The molecule has 4 nitrogen and oxygen atoms in total. The Morgan fingerprint density at radius 3 is 2.19 bits per heavy atom. The maximum Gasteiger partial charge on any atom is 0.417 e. The Bertz CT molecular complexity index is 808. The van der Waals surface area contributed by atoms with Crippen LogP contribution in [0.5, 0.6) is 0 Å². The number of aromatic nitrogens is 2. The molecule has 0 aliphatic carbocycles. The number of nitrogens with zero attached hydrogens (tertiary/aromatic N) is 2. The SMILES string of the molecule is CC(C)(C)CC(=O)Nc1nc2ccc(C(F)(F)F)cn2c1CC(C)(C)C. The second-order valence-electron chi connectivity index (χ2n) is 9.07. The number of alkyl halides is 3. The Labute approximate surface area is 151 Å². The van der Waals surface area contributed by atoms with Crippen LogP contribution < -0.4 is 5.32 Å². The van der Waals surface area contributed by atoms with Crippen LogP contribution in [0.1, 0.15) is 59.2 Å². The van der Waals surface area contributed by atoms with E-state index >= 15 is 0 Å². The molecule has 1 N–H and O–H groups in total. The number of hydrogen-bond acceptors (Lipinski definition) is 2. The molecule has 0 saturated carbocycles. The quantitative estimate of drug-likeness (QED) is 0.796. The van der Waals surface area contributed by atoms with Crippen molar-refractivity contribution < 1.29 is 18.0 Å². The van der Waals surface area contributed by atoms with Gasteiger partial charge >= 0.3 is 6.18 Å². The molecule has 0 bridgehead atoms. The Hall–Kier alpha value is -2.05. The summed E-state index contributed by atoms with van der Waals surface area (Å²) in [5, 5.41) is 2.79. The van der Waals surface area contributed by atoms with E-state index in [0.717, 1.165) is 12.3 Å². The molecule has 2 aromatic rings. The first-order valence-corrected chi connectivity index (χ1v) is 8.54. The number of nitrogens with one attached hydrogen (secondary N) is 1. The van der Waals surface area contributed by atoms with Crippen molar-refractivity contribution in [2.75, 3.05) is 5.32 Å². The summed E-state index contributed by atoms with van der Waals surface area (Å²) in [6.07, 6.45) is -2.62. The zero-order valence-electron chi connectivity index (χ0n) is 16.1. The summed E-state index contributed by atoms with van der Waals surface area (Å²) in [5.74, 6) is 0.126. The fourth-order valence-electron chi connectivity index (χ4n) is 2.69. The fraction of sp³-hybridized carbons (Fsp3) is 0.579. The number of amides is 1. The van der Waals surface area contributed by atoms with Gasteiger partial charge in [0, 0.05) is 12.6 Å². The van der Waals surface area contributed by atoms with Gasteiger partial charge < -0.3 is 9.72 Å². The lowest BCUT2D eigenvalue weighted by atomic mass is 9.90. The highest BCUT2D eigenvalue weighted by molar-refractivity contribution is 5.91. The van der Waals surface area contributed by atoms with Crippen molar-refractivity contribution in [2.45, 2.75) is 60.6 Å². The van der Waals surface area contributed by atoms with Gasteiger partial charge in [0.1, 0.15) is 5.65 Å². The number of imidazole rings is 1. The van der Waals surface area contributed by atoms with Crippen molar-refractivity contribution in [2.24, 2.45) is 10.8 Å². The average molecular weight is 369 g/mol. The van der Waals surface area contributed by atoms with E-state index in [4.69, 9.17) is 0 Å². The first kappa shape index (κ1) is 20.3. The van der Waals surface area contributed by atoms with E-state index in [0.29, 0.717) is 30.0 Å². The lowest BCUT2D eigenvalue weighted by Crippen LogP contribution is -2.21. The highest BCUT2D eigenvalue weighted by Gasteiger charge is 2.32. The van der Waals surface area contributed by atoms with E-state index in [1.54, 1.807) is 0 Å². The predicted octanol–water partition coefficient (Wildman–Crippen LogP) is 5.32. The van der Waals surface area contributed by atoms with Crippen molar-refractivity contribution in [3.05, 3.63) is 29.6 Å². The fourth-order valence-corrected chi connectivity index (χ4v) is 2.69. The second-order valence-corrected chi connectivity index (χ2v) is 9.07. The Kier molecular flexibility index (Phi) is 5.14. The Morgan fingerprint density at radius 1 is 1.08 bits per heavy atom. The number of fused-ring (bicyclic) bond motifs is 1. The Morgan fingerprint density at radius 2 is 1.69 bits per heavy atom. The van der Waals surface area contributed by atoms with E-state index in [2.05, 4.69) is 10.3 Å². The third-order valence-corrected chi connectivity index (χ3v) is 3.69. The number of hydrogen-bond donors (Lipinski definition) is 1. The molecule has 0 radical (unpaired) electrons. The molecule has 0 fully saturated rings. The highest BCUT2D eigenvalue weighted by atomic mass is 19.4. The van der Waals surface area contributed by atoms with Crippen LogP contribution in [-0.4, -0.2) is 15.3 Å². The van der Waals surface area contributed by atoms with Crippen molar-refractivity contribution in [3.63, 3.8) is 0 Å². The number of halogens is 3. The van der Waals surface area contributed by atoms with Gasteiger partial charge in [-0.05, 0) is 29.4 Å². The number of carbonyl (C=O) groups excluding carboxylic acids is 1. The van der Waals surface area contributed by atoms with Crippen LogP contribution in [0.3, 0.4) is 0 Å². The summed E-state index contributed by atoms with van der Waals surface area (Å²) >= 11 is 0. The van der Waals surface area contributed by atoms with Crippen LogP contribution in [-0.2, 0) is 17.4 Å². The number of rotatable bonds is 3. The van der Waals surface area contributed by atoms with Crippen molar-refractivity contribution in [1.82, 2.24) is 9.38 Å². The third-order valence-electron chi connectivity index (χ3n) is 3.69. The van der Waals surface area contributed by atoms with Gasteiger partial charge in [0.15, 0.2) is 5.82 Å². The molecule has 0 saturated heterocycles. The van der Waals surface area contributed by atoms with E-state index in [1.807, 2.05) is 41.5 Å². The molecule has 2 heterocycles. The van der Waals surface area contributed by atoms with Crippen LogP contribution in [0.2, 0.25) is 0 Å². The molecule has 7 heteroatoms. The standard InChI is InChI=1S/C19H26F3N3O/c1-17(2,3)9-13-16(24-15(26)10-18(4,5)6)23-14-8-7-12(11-25(13)14)19(20,21)22/h7-8,11H,9-10H2,1-6H3,(H,24,26). The van der Waals surface area contributed by atoms with Gasteiger partial charge in [0.25, 0.3) is 0 Å². The molecule has 0 atom stereocenters. The smallest absolute Gasteiger partial charge is 0.309 e. The maximum absolute atomic E-state index is 13.1. The first-order valence-electron chi connectivity index (χ1n) is 8.54. The summed E-state index contributed by atoms with van der Waals surface area (Å²) < 4.78 is 40.7. The van der Waals surface area contributed by atoms with Crippen molar-refractivity contribution in [3.8, 4) is 0 Å². The molecular formula is C19H26F3N3O. The highest BCUT2D eigenvalue weighted by Crippen LogP contribution is 2.32. The van der Waals surface area contributed by atoms with Crippen molar-refractivity contribution in [1.29, 1.82) is 0 Å². The van der Waals surface area contributed by atoms with Gasteiger partial charge in [0.2, 0.25) is 5.91 Å². The van der Waals surface area contributed by atoms with Crippen LogP contribution in [0, 0.1) is 10.8 Å². The van der Waals surface area contributed by atoms with Gasteiger partial charge in [-0.25, -0.2) is 4.98 Å². The monoisotopic (exact) mass is 369 g/mol. The molecule has 2 rings (SSSR count). The van der Waals surface area contributed by atoms with Crippen LogP contribution >= 0.6 is 0 Å². The molecule has 144 valence electrons. The van der Waals surface area contributed by atoms with Gasteiger partial charge in [0.05, 0.1) is 11.3 Å². The van der Waals surface area contributed by atoms with E-state index in [9.17, 15) is 18.0 Å². The van der Waals surface area contributed by atoms with Gasteiger partial charge in [-0.1, -0.05) is 41.5 Å². The topological polar surface area (TPSA) is 46.4 Å². The van der Waals surface area contributed by atoms with E-state index in [-0.39, 0.29) is 16.7 Å². The largest absolute Gasteiger partial charge is 0.417 e. The minimum atomic E-state index is -4.44. The van der Waals surface area contributed by atoms with Crippen LogP contribution in [0.15, 0.2) is 18.3 Å². The molecule has 26 heavy (non-hydrogen) atoms. The predicted molar refractivity (Wildman–Crippen MR) is 96.1 cm³/mol. The minimum Gasteiger partial charge on any atom is -0.309 e. The molecule has 0 spiro atoms. The van der Waals surface area contributed by atoms with Crippen LogP contribution in [0.4, 0.5) is 19.0 Å². The lowest BCUT2D eigenvalue weighted by Gasteiger charge is -2.20. The lowest BCUT2D eigenvalue weighted by molar-refractivity contribution is -0.137. The summed E-state index contributed by atoms with van der Waals surface area (Å²) in [6.45, 7) is 11.8. The van der Waals surface area contributed by atoms with Gasteiger partial charge in [-0.3, -0.25) is 4.79 Å². The van der Waals surface area contributed by atoms with Gasteiger partial charge in [-0.2, -0.15) is 13.2 Å². The number of carbonyl (C=O) groups is 1. The summed E-state index contributed by atoms with van der Waals surface area (Å²) in [7, 11) is 0. The zero-order valence-corrected chi connectivity index (χ0v) is 16.1. The normalized spacial score (nSPS) is 13.3. The number of pyridine rings is 1. The molecule has 0 aromatic carbocycles. The van der Waals surface area contributed by atoms with Crippen molar-refractivity contribution >= 4 is 17.4 Å². The molecular weight excluding hydrogens is 343 g/mol. The summed E-state index contributed by atoms with van der Waals surface area (Å²) in [6, 6.07) is 2.33.